The zero-order chi connectivity index (χ0) is 26.0. The van der Waals surface area contributed by atoms with E-state index in [2.05, 4.69) is 32.6 Å². The van der Waals surface area contributed by atoms with E-state index in [1.54, 1.807) is 16.1 Å². The normalized spacial score (nSPS) is 19.8. The molecule has 36 heavy (non-hydrogen) atoms. The van der Waals surface area contributed by atoms with E-state index in [0.717, 1.165) is 70.9 Å². The van der Waals surface area contributed by atoms with Crippen molar-refractivity contribution in [2.24, 2.45) is 11.3 Å². The van der Waals surface area contributed by atoms with E-state index in [-0.39, 0.29) is 35.8 Å². The lowest BCUT2D eigenvalue weighted by atomic mass is 9.84. The highest BCUT2D eigenvalue weighted by molar-refractivity contribution is 5.85. The molecule has 8 nitrogen and oxygen atoms in total. The van der Waals surface area contributed by atoms with Gasteiger partial charge in [-0.05, 0) is 49.1 Å². The monoisotopic (exact) mass is 505 g/mol. The van der Waals surface area contributed by atoms with Gasteiger partial charge in [0.25, 0.3) is 0 Å². The van der Waals surface area contributed by atoms with Gasteiger partial charge in [0.2, 0.25) is 11.8 Å². The average molecular weight is 506 g/mol. The molecular weight excluding hydrogens is 458 g/mol. The van der Waals surface area contributed by atoms with Crippen LogP contribution in [0.2, 0.25) is 0 Å². The van der Waals surface area contributed by atoms with Crippen LogP contribution in [0.3, 0.4) is 0 Å². The largest absolute Gasteiger partial charge is 0.467 e. The first-order valence-corrected chi connectivity index (χ1v) is 13.7. The molecule has 8 heteroatoms. The summed E-state index contributed by atoms with van der Waals surface area (Å²) < 4.78 is 16.8. The van der Waals surface area contributed by atoms with Crippen LogP contribution >= 0.6 is 0 Å². The van der Waals surface area contributed by atoms with Gasteiger partial charge in [-0.25, -0.2) is 0 Å². The highest BCUT2D eigenvalue weighted by Crippen LogP contribution is 2.26. The molecule has 1 aromatic rings. The number of hydrogen-bond donors (Lipinski definition) is 0. The summed E-state index contributed by atoms with van der Waals surface area (Å²) in [6.45, 7) is 15.4. The molecule has 204 valence electrons. The highest BCUT2D eigenvalue weighted by Gasteiger charge is 2.27. The first-order valence-electron chi connectivity index (χ1n) is 13.7. The number of rotatable bonds is 13. The SMILES string of the molecule is CC(CC(=O)N(CCCN1CCOCC1)CC(=O)N(Cc1ccco1)CC1CCCO1)CC(C)(C)C. The van der Waals surface area contributed by atoms with Crippen molar-refractivity contribution in [1.82, 2.24) is 14.7 Å². The fourth-order valence-electron chi connectivity index (χ4n) is 5.29. The van der Waals surface area contributed by atoms with Crippen LogP contribution in [-0.4, -0.2) is 91.7 Å². The molecule has 0 bridgehead atoms. The van der Waals surface area contributed by atoms with Crippen LogP contribution in [0.5, 0.6) is 0 Å². The molecule has 1 aromatic heterocycles. The fraction of sp³-hybridized carbons (Fsp3) is 0.786. The fourth-order valence-corrected chi connectivity index (χ4v) is 5.29. The molecule has 0 spiro atoms. The maximum Gasteiger partial charge on any atom is 0.242 e. The quantitative estimate of drug-likeness (QED) is 0.406. The smallest absolute Gasteiger partial charge is 0.242 e. The van der Waals surface area contributed by atoms with Crippen LogP contribution in [0.25, 0.3) is 0 Å². The zero-order valence-corrected chi connectivity index (χ0v) is 22.9. The number of amides is 2. The van der Waals surface area contributed by atoms with Crippen LogP contribution < -0.4 is 0 Å². The lowest BCUT2D eigenvalue weighted by Gasteiger charge is -2.31. The molecule has 3 heterocycles. The molecule has 2 saturated heterocycles. The van der Waals surface area contributed by atoms with Gasteiger partial charge >= 0.3 is 0 Å². The summed E-state index contributed by atoms with van der Waals surface area (Å²) in [5.74, 6) is 1.02. The minimum Gasteiger partial charge on any atom is -0.467 e. The second-order valence-corrected chi connectivity index (χ2v) is 11.7. The maximum atomic E-state index is 13.6. The van der Waals surface area contributed by atoms with Crippen molar-refractivity contribution >= 4 is 11.8 Å². The topological polar surface area (TPSA) is 75.5 Å². The predicted octanol–water partition coefficient (Wildman–Crippen LogP) is 3.80. The van der Waals surface area contributed by atoms with Crippen molar-refractivity contribution in [3.8, 4) is 0 Å². The van der Waals surface area contributed by atoms with Gasteiger partial charge < -0.3 is 23.7 Å². The van der Waals surface area contributed by atoms with E-state index in [9.17, 15) is 9.59 Å². The van der Waals surface area contributed by atoms with Crippen molar-refractivity contribution < 1.29 is 23.5 Å². The zero-order valence-electron chi connectivity index (χ0n) is 22.9. The summed E-state index contributed by atoms with van der Waals surface area (Å²) in [6, 6.07) is 3.72. The summed E-state index contributed by atoms with van der Waals surface area (Å²) in [6.07, 6.45) is 5.92. The Morgan fingerprint density at radius 1 is 1.14 bits per heavy atom. The number of furan rings is 1. The summed E-state index contributed by atoms with van der Waals surface area (Å²) in [7, 11) is 0. The Labute approximate surface area is 217 Å². The minimum absolute atomic E-state index is 0.0428. The first-order chi connectivity index (χ1) is 17.2. The Balaban J connectivity index is 1.64. The van der Waals surface area contributed by atoms with Crippen LogP contribution in [0, 0.1) is 11.3 Å². The lowest BCUT2D eigenvalue weighted by Crippen LogP contribution is -2.46. The van der Waals surface area contributed by atoms with Crippen molar-refractivity contribution in [3.05, 3.63) is 24.2 Å². The van der Waals surface area contributed by atoms with Crippen LogP contribution in [0.4, 0.5) is 0 Å². The van der Waals surface area contributed by atoms with E-state index < -0.39 is 0 Å². The van der Waals surface area contributed by atoms with E-state index >= 15 is 0 Å². The molecule has 3 rings (SSSR count). The molecule has 0 N–H and O–H groups in total. The summed E-state index contributed by atoms with van der Waals surface area (Å²) in [4.78, 5) is 32.9. The van der Waals surface area contributed by atoms with Gasteiger partial charge in [-0.15, -0.1) is 0 Å². The second kappa shape index (κ2) is 14.1. The molecule has 2 atom stereocenters. The number of carbonyl (C=O) groups is 2. The minimum atomic E-state index is -0.0508. The van der Waals surface area contributed by atoms with Gasteiger partial charge in [0.05, 0.1) is 38.7 Å². The number of hydrogen-bond acceptors (Lipinski definition) is 6. The van der Waals surface area contributed by atoms with Crippen LogP contribution in [0.1, 0.15) is 65.6 Å². The van der Waals surface area contributed by atoms with Crippen molar-refractivity contribution in [2.75, 3.05) is 59.1 Å². The Morgan fingerprint density at radius 2 is 1.92 bits per heavy atom. The lowest BCUT2D eigenvalue weighted by molar-refractivity contribution is -0.142. The standard InChI is InChI=1S/C28H47N3O5/c1-23(19-28(2,3)4)18-26(32)30(11-7-10-29-12-16-34-17-13-29)22-27(33)31(20-24-8-5-14-35-24)21-25-9-6-15-36-25/h5,8,14,23,25H,6-7,9-13,15-22H2,1-4H3. The molecular formula is C28H47N3O5. The van der Waals surface area contributed by atoms with E-state index in [0.29, 0.717) is 26.1 Å². The Bertz CT molecular complexity index is 780. The first kappa shape index (κ1) is 28.7. The summed E-state index contributed by atoms with van der Waals surface area (Å²) in [5, 5.41) is 0. The third-order valence-electron chi connectivity index (χ3n) is 6.90. The van der Waals surface area contributed by atoms with E-state index in [1.165, 1.54) is 0 Å². The molecule has 0 saturated carbocycles. The van der Waals surface area contributed by atoms with Gasteiger partial charge in [0.15, 0.2) is 0 Å². The predicted molar refractivity (Wildman–Crippen MR) is 139 cm³/mol. The molecule has 2 aliphatic rings. The van der Waals surface area contributed by atoms with Gasteiger partial charge in [-0.3, -0.25) is 14.5 Å². The molecule has 2 aliphatic heterocycles. The second-order valence-electron chi connectivity index (χ2n) is 11.7. The molecule has 0 radical (unpaired) electrons. The molecule has 2 fully saturated rings. The van der Waals surface area contributed by atoms with Crippen molar-refractivity contribution in [2.45, 2.75) is 72.4 Å². The van der Waals surface area contributed by atoms with Crippen molar-refractivity contribution in [1.29, 1.82) is 0 Å². The maximum absolute atomic E-state index is 13.6. The Hall–Kier alpha value is -1.90. The third-order valence-corrected chi connectivity index (χ3v) is 6.90. The van der Waals surface area contributed by atoms with E-state index in [4.69, 9.17) is 13.9 Å². The number of morpholine rings is 1. The van der Waals surface area contributed by atoms with Gasteiger partial charge in [0.1, 0.15) is 5.76 Å². The Morgan fingerprint density at radius 3 is 2.56 bits per heavy atom. The third kappa shape index (κ3) is 10.2. The molecule has 0 aliphatic carbocycles. The number of carbonyl (C=O) groups excluding carboxylic acids is 2. The van der Waals surface area contributed by atoms with Crippen molar-refractivity contribution in [3.63, 3.8) is 0 Å². The molecule has 2 amide bonds. The number of ether oxygens (including phenoxy) is 2. The van der Waals surface area contributed by atoms with Gasteiger partial charge in [-0.1, -0.05) is 27.7 Å². The van der Waals surface area contributed by atoms with E-state index in [1.807, 2.05) is 12.1 Å². The Kier molecular flexibility index (Phi) is 11.3. The van der Waals surface area contributed by atoms with Crippen LogP contribution in [0.15, 0.2) is 22.8 Å². The molecule has 2 unspecified atom stereocenters. The highest BCUT2D eigenvalue weighted by atomic mass is 16.5. The summed E-state index contributed by atoms with van der Waals surface area (Å²) >= 11 is 0. The summed E-state index contributed by atoms with van der Waals surface area (Å²) in [5.41, 5.74) is 0.164. The number of nitrogens with zero attached hydrogens (tertiary/aromatic N) is 3. The van der Waals surface area contributed by atoms with Gasteiger partial charge in [0, 0.05) is 45.8 Å². The molecule has 0 aromatic carbocycles. The van der Waals surface area contributed by atoms with Crippen LogP contribution in [-0.2, 0) is 25.6 Å². The average Bonchev–Trinajstić information content (AvgIpc) is 3.51. The van der Waals surface area contributed by atoms with Gasteiger partial charge in [-0.2, -0.15) is 0 Å².